The number of phenols is 3. The number of hydrogen-bond donors (Lipinski definition) is 3. The highest BCUT2D eigenvalue weighted by Crippen LogP contribution is 2.49. The lowest BCUT2D eigenvalue weighted by atomic mass is 9.85. The molecular formula is C37H35NO9. The van der Waals surface area contributed by atoms with Crippen LogP contribution in [0.4, 0.5) is 0 Å². The van der Waals surface area contributed by atoms with E-state index in [1.54, 1.807) is 60.5 Å². The number of aromatic hydroxyl groups is 3. The van der Waals surface area contributed by atoms with Gasteiger partial charge in [-0.15, -0.1) is 0 Å². The summed E-state index contributed by atoms with van der Waals surface area (Å²) < 4.78 is 23.0. The van der Waals surface area contributed by atoms with Gasteiger partial charge in [0.25, 0.3) is 0 Å². The van der Waals surface area contributed by atoms with Crippen LogP contribution in [0.5, 0.6) is 28.7 Å². The number of morpholine rings is 1. The molecule has 1 saturated heterocycles. The number of phenolic OH excluding ortho intramolecular Hbond substituents is 3. The number of benzene rings is 4. The van der Waals surface area contributed by atoms with Crippen LogP contribution in [0, 0.1) is 0 Å². The second-order valence-corrected chi connectivity index (χ2v) is 11.3. The van der Waals surface area contributed by atoms with Crippen LogP contribution >= 0.6 is 0 Å². The third kappa shape index (κ3) is 6.73. The maximum absolute atomic E-state index is 13.7. The predicted molar refractivity (Wildman–Crippen MR) is 175 cm³/mol. The van der Waals surface area contributed by atoms with Gasteiger partial charge in [-0.3, -0.25) is 9.59 Å². The van der Waals surface area contributed by atoms with Crippen LogP contribution in [0.15, 0.2) is 94.1 Å². The van der Waals surface area contributed by atoms with Crippen molar-refractivity contribution < 1.29 is 38.7 Å². The fourth-order valence-electron chi connectivity index (χ4n) is 5.84. The van der Waals surface area contributed by atoms with E-state index in [2.05, 4.69) is 0 Å². The highest BCUT2D eigenvalue weighted by atomic mass is 16.5. The molecule has 242 valence electrons. The van der Waals surface area contributed by atoms with Gasteiger partial charge in [-0.2, -0.15) is 0 Å². The number of rotatable bonds is 10. The SMILES string of the molecule is COc1ccc(CCOc2cccc([C@H](CC(=O)N3CCOCC3)c3c(O)c(O)c(O)c4c(=O)cc(-c5ccccc5)oc34)c2)cc1. The first-order valence-electron chi connectivity index (χ1n) is 15.3. The summed E-state index contributed by atoms with van der Waals surface area (Å²) in [7, 11) is 1.62. The summed E-state index contributed by atoms with van der Waals surface area (Å²) >= 11 is 0. The molecule has 1 aromatic heterocycles. The van der Waals surface area contributed by atoms with Gasteiger partial charge in [0.1, 0.15) is 28.2 Å². The van der Waals surface area contributed by atoms with Gasteiger partial charge in [-0.1, -0.05) is 54.6 Å². The molecule has 1 amide bonds. The molecule has 0 radical (unpaired) electrons. The molecule has 4 aromatic carbocycles. The molecule has 1 atom stereocenters. The van der Waals surface area contributed by atoms with E-state index >= 15 is 0 Å². The highest BCUT2D eigenvalue weighted by Gasteiger charge is 2.32. The van der Waals surface area contributed by atoms with Gasteiger partial charge in [-0.05, 0) is 35.4 Å². The molecule has 0 saturated carbocycles. The number of methoxy groups -OCH3 is 1. The zero-order valence-electron chi connectivity index (χ0n) is 25.8. The van der Waals surface area contributed by atoms with Crippen LogP contribution in [0.1, 0.15) is 29.0 Å². The van der Waals surface area contributed by atoms with E-state index in [0.717, 1.165) is 11.3 Å². The lowest BCUT2D eigenvalue weighted by molar-refractivity contribution is -0.135. The molecule has 0 unspecified atom stereocenters. The Morgan fingerprint density at radius 1 is 0.872 bits per heavy atom. The Bertz CT molecular complexity index is 1930. The number of ether oxygens (including phenoxy) is 3. The van der Waals surface area contributed by atoms with Gasteiger partial charge < -0.3 is 38.8 Å². The van der Waals surface area contributed by atoms with E-state index in [1.807, 2.05) is 30.3 Å². The summed E-state index contributed by atoms with van der Waals surface area (Å²) in [6, 6.07) is 25.0. The van der Waals surface area contributed by atoms with E-state index < -0.39 is 28.6 Å². The minimum Gasteiger partial charge on any atom is -0.504 e. The maximum Gasteiger partial charge on any atom is 0.223 e. The second-order valence-electron chi connectivity index (χ2n) is 11.3. The van der Waals surface area contributed by atoms with Crippen LogP contribution in [-0.2, 0) is 16.0 Å². The summed E-state index contributed by atoms with van der Waals surface area (Å²) in [4.78, 5) is 28.8. The van der Waals surface area contributed by atoms with Gasteiger partial charge in [0.05, 0.1) is 26.9 Å². The Hall–Kier alpha value is -5.48. The molecule has 2 heterocycles. The van der Waals surface area contributed by atoms with E-state index in [4.69, 9.17) is 18.6 Å². The molecular weight excluding hydrogens is 602 g/mol. The molecule has 47 heavy (non-hydrogen) atoms. The van der Waals surface area contributed by atoms with Crippen molar-refractivity contribution in [3.05, 3.63) is 112 Å². The summed E-state index contributed by atoms with van der Waals surface area (Å²) in [5, 5.41) is 32.8. The van der Waals surface area contributed by atoms with Gasteiger partial charge in [-0.25, -0.2) is 0 Å². The topological polar surface area (TPSA) is 139 Å². The van der Waals surface area contributed by atoms with Crippen molar-refractivity contribution in [2.45, 2.75) is 18.8 Å². The Kier molecular flexibility index (Phi) is 9.30. The first-order chi connectivity index (χ1) is 22.8. The third-order valence-corrected chi connectivity index (χ3v) is 8.36. The van der Waals surface area contributed by atoms with Crippen molar-refractivity contribution in [2.75, 3.05) is 40.0 Å². The van der Waals surface area contributed by atoms with Crippen LogP contribution in [0.3, 0.4) is 0 Å². The average molecular weight is 638 g/mol. The van der Waals surface area contributed by atoms with Crippen LogP contribution < -0.4 is 14.9 Å². The summed E-state index contributed by atoms with van der Waals surface area (Å²) in [5.74, 6) is -1.99. The summed E-state index contributed by atoms with van der Waals surface area (Å²) in [6.07, 6.45) is 0.499. The largest absolute Gasteiger partial charge is 0.504 e. The second kappa shape index (κ2) is 13.9. The fraction of sp³-hybridized carbons (Fsp3) is 0.243. The van der Waals surface area contributed by atoms with Crippen molar-refractivity contribution in [1.29, 1.82) is 0 Å². The minimum atomic E-state index is -0.904. The Morgan fingerprint density at radius 2 is 1.62 bits per heavy atom. The normalized spacial score (nSPS) is 13.8. The highest BCUT2D eigenvalue weighted by molar-refractivity contribution is 5.94. The Balaban J connectivity index is 1.43. The summed E-state index contributed by atoms with van der Waals surface area (Å²) in [6.45, 7) is 1.98. The number of carbonyl (C=O) groups is 1. The van der Waals surface area contributed by atoms with Gasteiger partial charge in [0.15, 0.2) is 16.9 Å². The van der Waals surface area contributed by atoms with E-state index in [0.29, 0.717) is 56.2 Å². The molecule has 10 nitrogen and oxygen atoms in total. The molecule has 0 aliphatic carbocycles. The Morgan fingerprint density at radius 3 is 2.34 bits per heavy atom. The molecule has 1 fully saturated rings. The number of fused-ring (bicyclic) bond motifs is 1. The van der Waals surface area contributed by atoms with Crippen molar-refractivity contribution >= 4 is 16.9 Å². The first kappa shape index (κ1) is 31.5. The number of hydrogen-bond acceptors (Lipinski definition) is 9. The van der Waals surface area contributed by atoms with Crippen LogP contribution in [0.2, 0.25) is 0 Å². The number of carbonyl (C=O) groups excluding carboxylic acids is 1. The standard InChI is InChI=1S/C37H35NO9/c1-44-26-12-10-23(11-13-26)14-17-46-27-9-5-8-25(20-27)28(21-31(40)38-15-18-45-19-16-38)32-34(41)36(43)35(42)33-29(39)22-30(47-37(32)33)24-6-3-2-4-7-24/h2-13,20,22,28,41-43H,14-19,21H2,1H3/t28-/m0/s1. The molecule has 3 N–H and O–H groups in total. The average Bonchev–Trinajstić information content (AvgIpc) is 3.11. The monoisotopic (exact) mass is 637 g/mol. The van der Waals surface area contributed by atoms with E-state index in [1.165, 1.54) is 6.07 Å². The fourth-order valence-corrected chi connectivity index (χ4v) is 5.84. The number of amides is 1. The number of nitrogens with zero attached hydrogens (tertiary/aromatic N) is 1. The van der Waals surface area contributed by atoms with Gasteiger partial charge in [0.2, 0.25) is 11.7 Å². The molecule has 5 aromatic rings. The van der Waals surface area contributed by atoms with E-state index in [-0.39, 0.29) is 34.6 Å². The van der Waals surface area contributed by atoms with Crippen molar-refractivity contribution in [3.8, 4) is 40.1 Å². The maximum atomic E-state index is 13.7. The van der Waals surface area contributed by atoms with E-state index in [9.17, 15) is 24.9 Å². The van der Waals surface area contributed by atoms with Crippen molar-refractivity contribution in [1.82, 2.24) is 4.90 Å². The predicted octanol–water partition coefficient (Wildman–Crippen LogP) is 5.59. The van der Waals surface area contributed by atoms with Crippen molar-refractivity contribution in [2.24, 2.45) is 0 Å². The molecule has 10 heteroatoms. The van der Waals surface area contributed by atoms with Crippen LogP contribution in [0.25, 0.3) is 22.3 Å². The van der Waals surface area contributed by atoms with Crippen LogP contribution in [-0.4, -0.2) is 66.1 Å². The van der Waals surface area contributed by atoms with Gasteiger partial charge in [0, 0.05) is 49.0 Å². The first-order valence-corrected chi connectivity index (χ1v) is 15.3. The molecule has 1 aliphatic heterocycles. The molecule has 1 aliphatic rings. The smallest absolute Gasteiger partial charge is 0.223 e. The van der Waals surface area contributed by atoms with Crippen molar-refractivity contribution in [3.63, 3.8) is 0 Å². The Labute approximate surface area is 271 Å². The molecule has 0 bridgehead atoms. The minimum absolute atomic E-state index is 0.00201. The quantitative estimate of drug-likeness (QED) is 0.167. The lowest BCUT2D eigenvalue weighted by Gasteiger charge is -2.29. The lowest BCUT2D eigenvalue weighted by Crippen LogP contribution is -2.41. The molecule has 0 spiro atoms. The molecule has 6 rings (SSSR count). The summed E-state index contributed by atoms with van der Waals surface area (Å²) in [5.41, 5.74) is 1.49. The zero-order chi connectivity index (χ0) is 32.9. The third-order valence-electron chi connectivity index (χ3n) is 8.36. The van der Waals surface area contributed by atoms with Gasteiger partial charge >= 0.3 is 0 Å². The zero-order valence-corrected chi connectivity index (χ0v) is 25.8.